The summed E-state index contributed by atoms with van der Waals surface area (Å²) < 4.78 is 12.1. The van der Waals surface area contributed by atoms with E-state index in [1.807, 2.05) is 42.5 Å². The molecule has 25 heavy (non-hydrogen) atoms. The van der Waals surface area contributed by atoms with Gasteiger partial charge in [-0.05, 0) is 23.6 Å². The van der Waals surface area contributed by atoms with Crippen LogP contribution in [0.1, 0.15) is 6.42 Å². The minimum Gasteiger partial charge on any atom is -0.426 e. The molecular weight excluding hydrogens is 318 g/mol. The molecule has 0 amide bonds. The molecule has 0 atom stereocenters. The van der Waals surface area contributed by atoms with Crippen molar-refractivity contribution in [1.82, 2.24) is 4.57 Å². The molecule has 3 aromatic carbocycles. The normalized spacial score (nSPS) is 11.0. The fourth-order valence-corrected chi connectivity index (χ4v) is 2.89. The van der Waals surface area contributed by atoms with Gasteiger partial charge in [-0.1, -0.05) is 48.5 Å². The Bertz CT molecular complexity index is 1120. The summed E-state index contributed by atoms with van der Waals surface area (Å²) in [5.41, 5.74) is 1.18. The molecule has 0 aliphatic heterocycles. The number of aromatic nitrogens is 1. The third kappa shape index (κ3) is 2.92. The van der Waals surface area contributed by atoms with E-state index in [-0.39, 0.29) is 13.0 Å². The molecule has 5 nitrogen and oxygen atoms in total. The molecule has 5 heteroatoms. The van der Waals surface area contributed by atoms with Crippen molar-refractivity contribution < 1.29 is 13.9 Å². The van der Waals surface area contributed by atoms with Crippen LogP contribution in [0.3, 0.4) is 0 Å². The maximum absolute atomic E-state index is 12.2. The molecule has 0 bridgehead atoms. The van der Waals surface area contributed by atoms with Crippen LogP contribution in [0.15, 0.2) is 75.9 Å². The van der Waals surface area contributed by atoms with E-state index in [9.17, 15) is 9.59 Å². The van der Waals surface area contributed by atoms with Gasteiger partial charge < -0.3 is 9.15 Å². The first-order chi connectivity index (χ1) is 12.2. The monoisotopic (exact) mass is 333 g/mol. The Labute approximate surface area is 143 Å². The summed E-state index contributed by atoms with van der Waals surface area (Å²) in [4.78, 5) is 24.2. The minimum absolute atomic E-state index is 0.0760. The lowest BCUT2D eigenvalue weighted by molar-refractivity contribution is -0.134. The Morgan fingerprint density at radius 3 is 2.64 bits per heavy atom. The number of fused-ring (bicyclic) bond motifs is 2. The summed E-state index contributed by atoms with van der Waals surface area (Å²) in [5, 5.41) is 1.88. The van der Waals surface area contributed by atoms with Crippen molar-refractivity contribution in [1.29, 1.82) is 0 Å². The number of para-hydroxylation sites is 2. The van der Waals surface area contributed by atoms with Crippen LogP contribution >= 0.6 is 0 Å². The number of nitrogens with zero attached hydrogens (tertiary/aromatic N) is 1. The van der Waals surface area contributed by atoms with E-state index in [1.54, 1.807) is 24.3 Å². The molecule has 4 rings (SSSR count). The van der Waals surface area contributed by atoms with Crippen LogP contribution in [-0.4, -0.2) is 10.5 Å². The molecule has 0 radical (unpaired) electrons. The molecule has 0 N–H and O–H groups in total. The second-order valence-corrected chi connectivity index (χ2v) is 5.69. The summed E-state index contributed by atoms with van der Waals surface area (Å²) >= 11 is 0. The van der Waals surface area contributed by atoms with Crippen molar-refractivity contribution in [2.45, 2.75) is 13.0 Å². The van der Waals surface area contributed by atoms with Crippen molar-refractivity contribution in [3.63, 3.8) is 0 Å². The molecule has 0 saturated carbocycles. The number of ether oxygens (including phenoxy) is 1. The van der Waals surface area contributed by atoms with Gasteiger partial charge in [0, 0.05) is 11.9 Å². The number of carbonyl (C=O) groups is 1. The third-order valence-electron chi connectivity index (χ3n) is 4.09. The molecule has 0 fully saturated rings. The first kappa shape index (κ1) is 15.2. The molecule has 4 aromatic rings. The van der Waals surface area contributed by atoms with Crippen LogP contribution in [0.25, 0.3) is 21.9 Å². The van der Waals surface area contributed by atoms with E-state index in [0.29, 0.717) is 16.8 Å². The van der Waals surface area contributed by atoms with E-state index in [0.717, 1.165) is 10.8 Å². The van der Waals surface area contributed by atoms with Gasteiger partial charge in [-0.2, -0.15) is 0 Å². The highest BCUT2D eigenvalue weighted by atomic mass is 16.5. The Kier molecular flexibility index (Phi) is 3.82. The van der Waals surface area contributed by atoms with Gasteiger partial charge in [-0.3, -0.25) is 9.36 Å². The average Bonchev–Trinajstić information content (AvgIpc) is 2.95. The second kappa shape index (κ2) is 6.28. The fraction of sp³-hybridized carbons (Fsp3) is 0.100. The molecule has 0 aliphatic rings. The first-order valence-corrected chi connectivity index (χ1v) is 7.99. The number of carbonyl (C=O) groups excluding carboxylic acids is 1. The number of esters is 1. The van der Waals surface area contributed by atoms with E-state index in [2.05, 4.69) is 0 Å². The highest BCUT2D eigenvalue weighted by Crippen LogP contribution is 2.25. The number of benzene rings is 3. The zero-order chi connectivity index (χ0) is 17.2. The van der Waals surface area contributed by atoms with Gasteiger partial charge >= 0.3 is 11.7 Å². The van der Waals surface area contributed by atoms with E-state index < -0.39 is 11.7 Å². The SMILES string of the molecule is O=C(CCn1c(=O)oc2ccccc21)Oc1cccc2ccccc12. The first-order valence-electron chi connectivity index (χ1n) is 7.99. The van der Waals surface area contributed by atoms with Gasteiger partial charge in [-0.15, -0.1) is 0 Å². The highest BCUT2D eigenvalue weighted by molar-refractivity contribution is 5.90. The molecule has 1 heterocycles. The lowest BCUT2D eigenvalue weighted by Crippen LogP contribution is -2.18. The standard InChI is InChI=1S/C20H15NO4/c22-19(24-17-11-5-7-14-6-1-2-8-15(14)17)12-13-21-16-9-3-4-10-18(16)25-20(21)23/h1-11H,12-13H2. The number of aryl methyl sites for hydroxylation is 1. The van der Waals surface area contributed by atoms with Crippen LogP contribution in [0.2, 0.25) is 0 Å². The van der Waals surface area contributed by atoms with Crippen molar-refractivity contribution in [2.75, 3.05) is 0 Å². The Balaban J connectivity index is 1.52. The smallest absolute Gasteiger partial charge is 0.419 e. The summed E-state index contributed by atoms with van der Waals surface area (Å²) in [5.74, 6) is -0.347. The number of oxazole rings is 1. The molecule has 0 unspecified atom stereocenters. The van der Waals surface area contributed by atoms with Gasteiger partial charge in [0.15, 0.2) is 5.58 Å². The molecule has 0 saturated heterocycles. The lowest BCUT2D eigenvalue weighted by Gasteiger charge is -2.08. The predicted octanol–water partition coefficient (Wildman–Crippen LogP) is 3.74. The zero-order valence-corrected chi connectivity index (χ0v) is 13.3. The van der Waals surface area contributed by atoms with Gasteiger partial charge in [0.25, 0.3) is 0 Å². The number of hydrogen-bond donors (Lipinski definition) is 0. The third-order valence-corrected chi connectivity index (χ3v) is 4.09. The zero-order valence-electron chi connectivity index (χ0n) is 13.3. The molecule has 124 valence electrons. The van der Waals surface area contributed by atoms with Crippen LogP contribution < -0.4 is 10.5 Å². The van der Waals surface area contributed by atoms with Crippen LogP contribution in [0.4, 0.5) is 0 Å². The van der Waals surface area contributed by atoms with Crippen LogP contribution in [0, 0.1) is 0 Å². The molecule has 0 spiro atoms. The predicted molar refractivity (Wildman–Crippen MR) is 94.7 cm³/mol. The van der Waals surface area contributed by atoms with E-state index >= 15 is 0 Å². The maximum Gasteiger partial charge on any atom is 0.419 e. The van der Waals surface area contributed by atoms with Gasteiger partial charge in [0.05, 0.1) is 11.9 Å². The lowest BCUT2D eigenvalue weighted by atomic mass is 10.1. The molecule has 0 aliphatic carbocycles. The van der Waals surface area contributed by atoms with Crippen LogP contribution in [-0.2, 0) is 11.3 Å². The van der Waals surface area contributed by atoms with E-state index in [4.69, 9.17) is 9.15 Å². The highest BCUT2D eigenvalue weighted by Gasteiger charge is 2.12. The second-order valence-electron chi connectivity index (χ2n) is 5.69. The summed E-state index contributed by atoms with van der Waals surface area (Å²) in [6, 6.07) is 20.4. The van der Waals surface area contributed by atoms with Gasteiger partial charge in [0.1, 0.15) is 5.75 Å². The van der Waals surface area contributed by atoms with Gasteiger partial charge in [0.2, 0.25) is 0 Å². The van der Waals surface area contributed by atoms with Crippen molar-refractivity contribution >= 4 is 27.8 Å². The largest absolute Gasteiger partial charge is 0.426 e. The quantitative estimate of drug-likeness (QED) is 0.421. The van der Waals surface area contributed by atoms with Crippen molar-refractivity contribution in [2.24, 2.45) is 0 Å². The molecular formula is C20H15NO4. The van der Waals surface area contributed by atoms with Crippen molar-refractivity contribution in [3.05, 3.63) is 77.3 Å². The molecule has 1 aromatic heterocycles. The Morgan fingerprint density at radius 1 is 0.960 bits per heavy atom. The van der Waals surface area contributed by atoms with Crippen LogP contribution in [0.5, 0.6) is 5.75 Å². The topological polar surface area (TPSA) is 61.4 Å². The average molecular weight is 333 g/mol. The Morgan fingerprint density at radius 2 is 1.72 bits per heavy atom. The minimum atomic E-state index is -0.473. The van der Waals surface area contributed by atoms with E-state index in [1.165, 1.54) is 4.57 Å². The maximum atomic E-state index is 12.2. The summed E-state index contributed by atoms with van der Waals surface area (Å²) in [7, 11) is 0. The summed E-state index contributed by atoms with van der Waals surface area (Å²) in [6.07, 6.45) is 0.0760. The number of rotatable bonds is 4. The van der Waals surface area contributed by atoms with Crippen molar-refractivity contribution in [3.8, 4) is 5.75 Å². The fourth-order valence-electron chi connectivity index (χ4n) is 2.89. The van der Waals surface area contributed by atoms with Gasteiger partial charge in [-0.25, -0.2) is 4.79 Å². The Hall–Kier alpha value is -3.34. The summed E-state index contributed by atoms with van der Waals surface area (Å²) in [6.45, 7) is 0.208. The number of hydrogen-bond acceptors (Lipinski definition) is 4.